The number of pyridine rings is 1. The molecule has 0 aromatic carbocycles. The maximum Gasteiger partial charge on any atom is 0.246 e. The smallest absolute Gasteiger partial charge is 0.246 e. The third-order valence-corrected chi connectivity index (χ3v) is 3.65. The van der Waals surface area contributed by atoms with Crippen LogP contribution in [0.25, 0.3) is 5.69 Å². The summed E-state index contributed by atoms with van der Waals surface area (Å²) in [7, 11) is 1.58. The molecule has 0 atom stereocenters. The number of aromatic nitrogens is 3. The highest BCUT2D eigenvalue weighted by atomic mass is 35.5. The lowest BCUT2D eigenvalue weighted by Gasteiger charge is -2.22. The van der Waals surface area contributed by atoms with Crippen LogP contribution in [-0.2, 0) is 9.59 Å². The maximum atomic E-state index is 12.4. The fourth-order valence-electron chi connectivity index (χ4n) is 2.03. The molecule has 7 nitrogen and oxygen atoms in total. The highest BCUT2D eigenvalue weighted by Crippen LogP contribution is 2.26. The number of nitrogens with zero attached hydrogens (tertiary/aromatic N) is 5. The molecule has 2 aromatic heterocycles. The monoisotopic (exact) mass is 335 g/mol. The molecular formula is C15H18ClN5O2. The Labute approximate surface area is 139 Å². The average Bonchev–Trinajstić information content (AvgIpc) is 2.91. The van der Waals surface area contributed by atoms with Crippen molar-refractivity contribution < 1.29 is 9.59 Å². The third-order valence-electron chi connectivity index (χ3n) is 3.38. The molecule has 23 heavy (non-hydrogen) atoms. The van der Waals surface area contributed by atoms with Crippen LogP contribution in [0.5, 0.6) is 0 Å². The zero-order chi connectivity index (χ0) is 17.0. The number of anilines is 1. The second kappa shape index (κ2) is 7.23. The van der Waals surface area contributed by atoms with Crippen molar-refractivity contribution in [2.24, 2.45) is 0 Å². The van der Waals surface area contributed by atoms with Gasteiger partial charge in [-0.05, 0) is 19.1 Å². The van der Waals surface area contributed by atoms with Gasteiger partial charge >= 0.3 is 0 Å². The van der Waals surface area contributed by atoms with E-state index < -0.39 is 0 Å². The number of rotatable bonds is 5. The largest absolute Gasteiger partial charge is 0.337 e. The van der Waals surface area contributed by atoms with E-state index in [1.807, 2.05) is 13.0 Å². The summed E-state index contributed by atoms with van der Waals surface area (Å²) in [6, 6.07) is 3.62. The topological polar surface area (TPSA) is 71.3 Å². The van der Waals surface area contributed by atoms with Crippen molar-refractivity contribution in [2.45, 2.75) is 13.8 Å². The van der Waals surface area contributed by atoms with Gasteiger partial charge in [0.05, 0.1) is 24.6 Å². The molecule has 0 N–H and O–H groups in total. The standard InChI is InChI=1S/C15H18ClN5O2/c1-4-20(14(23)10-19(3)11(2)22)13-9-21(18-15(13)16)12-6-5-7-17-8-12/h5-9H,4,10H2,1-3H3. The summed E-state index contributed by atoms with van der Waals surface area (Å²) in [4.78, 5) is 30.6. The van der Waals surface area contributed by atoms with Crippen LogP contribution in [0, 0.1) is 0 Å². The number of hydrogen-bond acceptors (Lipinski definition) is 4. The van der Waals surface area contributed by atoms with Crippen molar-refractivity contribution in [2.75, 3.05) is 25.0 Å². The number of likely N-dealkylation sites (N-methyl/N-ethyl adjacent to an activating group) is 2. The molecule has 0 radical (unpaired) electrons. The minimum Gasteiger partial charge on any atom is -0.337 e. The number of halogens is 1. The van der Waals surface area contributed by atoms with Crippen molar-refractivity contribution in [1.82, 2.24) is 19.7 Å². The van der Waals surface area contributed by atoms with Crippen molar-refractivity contribution in [3.8, 4) is 5.69 Å². The van der Waals surface area contributed by atoms with Crippen LogP contribution in [-0.4, -0.2) is 51.6 Å². The Kier molecular flexibility index (Phi) is 5.33. The van der Waals surface area contributed by atoms with Gasteiger partial charge in [0.25, 0.3) is 0 Å². The molecule has 0 unspecified atom stereocenters. The van der Waals surface area contributed by atoms with Crippen molar-refractivity contribution in [1.29, 1.82) is 0 Å². The quantitative estimate of drug-likeness (QED) is 0.834. The molecule has 0 fully saturated rings. The molecule has 0 aliphatic heterocycles. The Bertz CT molecular complexity index is 701. The van der Waals surface area contributed by atoms with E-state index in [4.69, 9.17) is 11.6 Å². The first kappa shape index (κ1) is 17.0. The van der Waals surface area contributed by atoms with Gasteiger partial charge in [0, 0.05) is 26.7 Å². The van der Waals surface area contributed by atoms with Crippen LogP contribution in [0.4, 0.5) is 5.69 Å². The summed E-state index contributed by atoms with van der Waals surface area (Å²) < 4.78 is 1.56. The lowest BCUT2D eigenvalue weighted by Crippen LogP contribution is -2.40. The van der Waals surface area contributed by atoms with Gasteiger partial charge in [-0.1, -0.05) is 11.6 Å². The summed E-state index contributed by atoms with van der Waals surface area (Å²) in [6.07, 6.45) is 4.98. The summed E-state index contributed by atoms with van der Waals surface area (Å²) in [5.74, 6) is -0.399. The molecule has 0 saturated heterocycles. The first-order valence-electron chi connectivity index (χ1n) is 7.11. The Hall–Kier alpha value is -2.41. The summed E-state index contributed by atoms with van der Waals surface area (Å²) in [5.41, 5.74) is 1.24. The van der Waals surface area contributed by atoms with Crippen LogP contribution in [0.2, 0.25) is 5.15 Å². The predicted octanol–water partition coefficient (Wildman–Crippen LogP) is 1.75. The van der Waals surface area contributed by atoms with Crippen molar-refractivity contribution in [3.63, 3.8) is 0 Å². The summed E-state index contributed by atoms with van der Waals surface area (Å²) in [6.45, 7) is 3.65. The van der Waals surface area contributed by atoms with E-state index >= 15 is 0 Å². The molecule has 2 aromatic rings. The molecular weight excluding hydrogens is 318 g/mol. The minimum absolute atomic E-state index is 0.0163. The van der Waals surface area contributed by atoms with Crippen LogP contribution < -0.4 is 4.90 Å². The Morgan fingerprint density at radius 1 is 1.39 bits per heavy atom. The molecule has 0 bridgehead atoms. The SMILES string of the molecule is CCN(C(=O)CN(C)C(C)=O)c1cn(-c2cccnc2)nc1Cl. The van der Waals surface area contributed by atoms with Gasteiger partial charge < -0.3 is 9.80 Å². The van der Waals surface area contributed by atoms with Crippen molar-refractivity contribution in [3.05, 3.63) is 35.9 Å². The van der Waals surface area contributed by atoms with E-state index in [0.717, 1.165) is 5.69 Å². The third kappa shape index (κ3) is 3.87. The van der Waals surface area contributed by atoms with E-state index in [1.165, 1.54) is 16.7 Å². The number of amides is 2. The Morgan fingerprint density at radius 2 is 2.13 bits per heavy atom. The molecule has 2 rings (SSSR count). The Balaban J connectivity index is 2.26. The number of carbonyl (C=O) groups is 2. The van der Waals surface area contributed by atoms with E-state index in [1.54, 1.807) is 36.4 Å². The highest BCUT2D eigenvalue weighted by molar-refractivity contribution is 6.32. The second-order valence-corrected chi connectivity index (χ2v) is 5.33. The summed E-state index contributed by atoms with van der Waals surface area (Å²) >= 11 is 6.18. The first-order chi connectivity index (χ1) is 10.9. The maximum absolute atomic E-state index is 12.4. The van der Waals surface area contributed by atoms with E-state index in [2.05, 4.69) is 10.1 Å². The molecule has 8 heteroatoms. The normalized spacial score (nSPS) is 10.4. The Morgan fingerprint density at radius 3 is 2.70 bits per heavy atom. The van der Waals surface area contributed by atoms with E-state index in [-0.39, 0.29) is 23.5 Å². The first-order valence-corrected chi connectivity index (χ1v) is 7.49. The predicted molar refractivity (Wildman–Crippen MR) is 87.7 cm³/mol. The zero-order valence-corrected chi connectivity index (χ0v) is 14.0. The van der Waals surface area contributed by atoms with Gasteiger partial charge in [-0.25, -0.2) is 4.68 Å². The average molecular weight is 336 g/mol. The number of hydrogen-bond donors (Lipinski definition) is 0. The fourth-order valence-corrected chi connectivity index (χ4v) is 2.26. The molecule has 0 saturated carbocycles. The number of carbonyl (C=O) groups excluding carboxylic acids is 2. The van der Waals surface area contributed by atoms with Gasteiger partial charge in [-0.2, -0.15) is 5.10 Å². The van der Waals surface area contributed by atoms with E-state index in [0.29, 0.717) is 12.2 Å². The highest BCUT2D eigenvalue weighted by Gasteiger charge is 2.22. The molecule has 0 aliphatic carbocycles. The molecule has 0 spiro atoms. The van der Waals surface area contributed by atoms with Gasteiger partial charge in [0.2, 0.25) is 11.8 Å². The summed E-state index contributed by atoms with van der Waals surface area (Å²) in [5, 5.41) is 4.43. The van der Waals surface area contributed by atoms with Crippen LogP contribution in [0.1, 0.15) is 13.8 Å². The molecule has 122 valence electrons. The second-order valence-electron chi connectivity index (χ2n) is 4.97. The van der Waals surface area contributed by atoms with E-state index in [9.17, 15) is 9.59 Å². The van der Waals surface area contributed by atoms with Crippen molar-refractivity contribution >= 4 is 29.1 Å². The van der Waals surface area contributed by atoms with Crippen LogP contribution in [0.15, 0.2) is 30.7 Å². The molecule has 2 heterocycles. The zero-order valence-electron chi connectivity index (χ0n) is 13.2. The minimum atomic E-state index is -0.224. The van der Waals surface area contributed by atoms with Gasteiger partial charge in [0.15, 0.2) is 5.15 Å². The molecule has 2 amide bonds. The molecule has 0 aliphatic rings. The lowest BCUT2D eigenvalue weighted by molar-refractivity contribution is -0.132. The lowest BCUT2D eigenvalue weighted by atomic mass is 10.3. The van der Waals surface area contributed by atoms with Gasteiger partial charge in [0.1, 0.15) is 5.69 Å². The van der Waals surface area contributed by atoms with Gasteiger partial charge in [-0.15, -0.1) is 0 Å². The van der Waals surface area contributed by atoms with Crippen LogP contribution >= 0.6 is 11.6 Å². The van der Waals surface area contributed by atoms with Gasteiger partial charge in [-0.3, -0.25) is 14.6 Å². The van der Waals surface area contributed by atoms with Crippen LogP contribution in [0.3, 0.4) is 0 Å². The fraction of sp³-hybridized carbons (Fsp3) is 0.333.